The molecule has 3 heterocycles. The molecule has 3 aliphatic heterocycles. The first kappa shape index (κ1) is 18.1. The summed E-state index contributed by atoms with van der Waals surface area (Å²) in [5, 5.41) is 6.29. The minimum Gasteiger partial charge on any atom is -0.489 e. The number of hydrogen-bond donors (Lipinski definition) is 2. The maximum Gasteiger partial charge on any atom is 0.169 e. The normalized spacial score (nSPS) is 30.8. The van der Waals surface area contributed by atoms with Crippen LogP contribution in [0.1, 0.15) is 31.2 Å². The molecule has 6 nitrogen and oxygen atoms in total. The van der Waals surface area contributed by atoms with Crippen molar-refractivity contribution in [3.63, 3.8) is 0 Å². The molecule has 0 saturated carbocycles. The monoisotopic (exact) mass is 377 g/mol. The van der Waals surface area contributed by atoms with Crippen LogP contribution in [0, 0.1) is 0 Å². The van der Waals surface area contributed by atoms with Gasteiger partial charge in [-0.25, -0.2) is 4.21 Å². The molecule has 4 atom stereocenters. The van der Waals surface area contributed by atoms with Gasteiger partial charge in [-0.15, -0.1) is 0 Å². The van der Waals surface area contributed by atoms with Gasteiger partial charge in [0.2, 0.25) is 0 Å². The fraction of sp³-hybridized carbons (Fsp3) is 0.632. The summed E-state index contributed by atoms with van der Waals surface area (Å²) in [6, 6.07) is 8.09. The Kier molecular flexibility index (Phi) is 5.69. The summed E-state index contributed by atoms with van der Waals surface area (Å²) in [5.41, 5.74) is 1.30. The van der Waals surface area contributed by atoms with E-state index in [1.807, 2.05) is 16.4 Å². The van der Waals surface area contributed by atoms with Gasteiger partial charge in [-0.2, -0.15) is 4.31 Å². The molecule has 3 aliphatic rings. The number of rotatable bonds is 7. The number of carbonyl (C=O) groups is 1. The number of nitrogens with zero attached hydrogens (tertiary/aromatic N) is 1. The van der Waals surface area contributed by atoms with Gasteiger partial charge < -0.3 is 15.4 Å². The molecule has 0 radical (unpaired) electrons. The van der Waals surface area contributed by atoms with Gasteiger partial charge in [-0.1, -0.05) is 24.6 Å². The number of unbranched alkanes of at least 4 members (excludes halogenated alkanes) is 1. The summed E-state index contributed by atoms with van der Waals surface area (Å²) in [5.74, 6) is 1.18. The minimum atomic E-state index is -1.15. The van der Waals surface area contributed by atoms with Crippen molar-refractivity contribution in [3.05, 3.63) is 29.8 Å². The van der Waals surface area contributed by atoms with Crippen molar-refractivity contribution in [1.82, 2.24) is 14.9 Å². The van der Waals surface area contributed by atoms with E-state index >= 15 is 0 Å². The highest BCUT2D eigenvalue weighted by Crippen LogP contribution is 2.27. The molecule has 2 fully saturated rings. The molecule has 0 spiro atoms. The Bertz CT molecular complexity index is 662. The average Bonchev–Trinajstić information content (AvgIpc) is 3.23. The molecular weight excluding hydrogens is 350 g/mol. The lowest BCUT2D eigenvalue weighted by molar-refractivity contribution is -0.120. The first-order valence-electron chi connectivity index (χ1n) is 9.61. The number of ether oxygens (including phenoxy) is 1. The number of para-hydroxylation sites is 1. The fourth-order valence-electron chi connectivity index (χ4n) is 4.04. The minimum absolute atomic E-state index is 0.162. The highest BCUT2D eigenvalue weighted by molar-refractivity contribution is 7.84. The molecule has 2 N–H and O–H groups in total. The van der Waals surface area contributed by atoms with Crippen LogP contribution in [0.4, 0.5) is 0 Å². The lowest BCUT2D eigenvalue weighted by Crippen LogP contribution is -2.34. The first-order chi connectivity index (χ1) is 12.7. The topological polar surface area (TPSA) is 70.7 Å². The van der Waals surface area contributed by atoms with Crippen molar-refractivity contribution in [2.75, 3.05) is 26.3 Å². The Labute approximate surface area is 157 Å². The molecule has 4 unspecified atom stereocenters. The zero-order valence-corrected chi connectivity index (χ0v) is 15.8. The quantitative estimate of drug-likeness (QED) is 0.694. The lowest BCUT2D eigenvalue weighted by atomic mass is 10.0. The molecule has 7 heteroatoms. The number of carbonyl (C=O) groups excluding carboxylic acids is 1. The van der Waals surface area contributed by atoms with E-state index in [9.17, 15) is 9.00 Å². The van der Waals surface area contributed by atoms with E-state index in [-0.39, 0.29) is 23.2 Å². The number of hydrogen-bond acceptors (Lipinski definition) is 5. The van der Waals surface area contributed by atoms with Crippen LogP contribution >= 0.6 is 0 Å². The summed E-state index contributed by atoms with van der Waals surface area (Å²) < 4.78 is 20.2. The van der Waals surface area contributed by atoms with Gasteiger partial charge in [0.15, 0.2) is 5.78 Å². The van der Waals surface area contributed by atoms with Crippen LogP contribution in [-0.4, -0.2) is 58.0 Å². The number of Topliss-reactive ketones (excluding diaryl/α,β-unsaturated/α-hetero) is 1. The molecule has 2 saturated heterocycles. The third kappa shape index (κ3) is 3.71. The summed E-state index contributed by atoms with van der Waals surface area (Å²) in [4.78, 5) is 12.3. The maximum atomic E-state index is 12.4. The zero-order valence-electron chi connectivity index (χ0n) is 15.0. The van der Waals surface area contributed by atoms with E-state index in [1.54, 1.807) is 0 Å². The Morgan fingerprint density at radius 2 is 2.19 bits per heavy atom. The van der Waals surface area contributed by atoms with Crippen LogP contribution in [0.2, 0.25) is 0 Å². The first-order valence-corrected chi connectivity index (χ1v) is 10.8. The van der Waals surface area contributed by atoms with Gasteiger partial charge >= 0.3 is 0 Å². The van der Waals surface area contributed by atoms with Gasteiger partial charge in [-0.05, 0) is 43.9 Å². The lowest BCUT2D eigenvalue weighted by Gasteiger charge is -2.26. The molecule has 1 aromatic carbocycles. The smallest absolute Gasteiger partial charge is 0.169 e. The molecular formula is C19H27N3O3S. The molecule has 0 bridgehead atoms. The Balaban J connectivity index is 1.13. The number of aryl methyl sites for hydroxylation is 1. The van der Waals surface area contributed by atoms with Gasteiger partial charge in [0, 0.05) is 13.1 Å². The van der Waals surface area contributed by atoms with Gasteiger partial charge in [0.05, 0.1) is 12.7 Å². The van der Waals surface area contributed by atoms with Crippen molar-refractivity contribution < 1.29 is 13.7 Å². The second-order valence-corrected chi connectivity index (χ2v) is 8.89. The van der Waals surface area contributed by atoms with Gasteiger partial charge in [0.25, 0.3) is 0 Å². The largest absolute Gasteiger partial charge is 0.489 e. The third-order valence-electron chi connectivity index (χ3n) is 5.52. The van der Waals surface area contributed by atoms with Crippen LogP contribution in [0.15, 0.2) is 24.3 Å². The predicted octanol–water partition coefficient (Wildman–Crippen LogP) is 0.986. The van der Waals surface area contributed by atoms with Crippen molar-refractivity contribution in [2.24, 2.45) is 0 Å². The van der Waals surface area contributed by atoms with E-state index in [4.69, 9.17) is 4.74 Å². The molecule has 1 aromatic rings. The summed E-state index contributed by atoms with van der Waals surface area (Å²) >= 11 is 0. The van der Waals surface area contributed by atoms with Crippen molar-refractivity contribution in [1.29, 1.82) is 0 Å². The zero-order chi connectivity index (χ0) is 17.9. The molecule has 0 aliphatic carbocycles. The SMILES string of the molecule is O=C1C2CNCN2S(=O)C1CCCCNCC1CCc2ccccc2O1. The predicted molar refractivity (Wildman–Crippen MR) is 101 cm³/mol. The number of benzene rings is 1. The number of nitrogens with one attached hydrogen (secondary N) is 2. The van der Waals surface area contributed by atoms with Gasteiger partial charge in [-0.3, -0.25) is 4.79 Å². The number of ketones is 1. The van der Waals surface area contributed by atoms with E-state index in [0.717, 1.165) is 50.9 Å². The Morgan fingerprint density at radius 3 is 3.08 bits per heavy atom. The van der Waals surface area contributed by atoms with Crippen LogP contribution < -0.4 is 15.4 Å². The van der Waals surface area contributed by atoms with Crippen molar-refractivity contribution >= 4 is 16.8 Å². The molecule has 4 rings (SSSR count). The fourth-order valence-corrected chi connectivity index (χ4v) is 5.74. The summed E-state index contributed by atoms with van der Waals surface area (Å²) in [7, 11) is -1.15. The number of fused-ring (bicyclic) bond motifs is 2. The average molecular weight is 378 g/mol. The standard InChI is InChI=1S/C19H27N3O3S/c23-19-16-12-21-13-22(16)26(24)18(19)7-3-4-10-20-11-15-9-8-14-5-1-2-6-17(14)25-15/h1-2,5-6,15-16,18,20-21H,3-4,7-13H2. The van der Waals surface area contributed by atoms with Crippen LogP contribution in [0.5, 0.6) is 5.75 Å². The van der Waals surface area contributed by atoms with Crippen LogP contribution in [-0.2, 0) is 22.2 Å². The summed E-state index contributed by atoms with van der Waals surface area (Å²) in [6.45, 7) is 2.98. The van der Waals surface area contributed by atoms with E-state index in [0.29, 0.717) is 13.2 Å². The van der Waals surface area contributed by atoms with E-state index in [1.165, 1.54) is 5.56 Å². The van der Waals surface area contributed by atoms with Crippen molar-refractivity contribution in [2.45, 2.75) is 49.5 Å². The van der Waals surface area contributed by atoms with Crippen LogP contribution in [0.3, 0.4) is 0 Å². The highest BCUT2D eigenvalue weighted by atomic mass is 32.2. The highest BCUT2D eigenvalue weighted by Gasteiger charge is 2.48. The third-order valence-corrected chi connectivity index (χ3v) is 7.32. The summed E-state index contributed by atoms with van der Waals surface area (Å²) in [6.07, 6.45) is 5.00. The second-order valence-electron chi connectivity index (χ2n) is 7.30. The maximum absolute atomic E-state index is 12.4. The molecule has 0 amide bonds. The van der Waals surface area contributed by atoms with Gasteiger partial charge in [0.1, 0.15) is 28.1 Å². The molecule has 26 heavy (non-hydrogen) atoms. The van der Waals surface area contributed by atoms with E-state index in [2.05, 4.69) is 22.8 Å². The second kappa shape index (κ2) is 8.17. The Hall–Kier alpha value is -1.28. The van der Waals surface area contributed by atoms with E-state index < -0.39 is 11.0 Å². The molecule has 142 valence electrons. The van der Waals surface area contributed by atoms with Crippen LogP contribution in [0.25, 0.3) is 0 Å². The van der Waals surface area contributed by atoms with Crippen molar-refractivity contribution in [3.8, 4) is 5.75 Å². The Morgan fingerprint density at radius 1 is 1.31 bits per heavy atom. The molecule has 0 aromatic heterocycles.